The third kappa shape index (κ3) is 5.18. The lowest BCUT2D eigenvalue weighted by atomic mass is 9.97. The Bertz CT molecular complexity index is 1670. The van der Waals surface area contributed by atoms with Crippen LogP contribution >= 0.6 is 11.6 Å². The SMILES string of the molecule is O=C(CN(c1ccc(Cl)cc1)S(=O)(=O)c1ccccc1)N/N=C\c1c2ccccc2cc2ccccc12. The molecule has 0 aliphatic carbocycles. The topological polar surface area (TPSA) is 78.8 Å². The fourth-order valence-corrected chi connectivity index (χ4v) is 5.73. The molecule has 6 nitrogen and oxygen atoms in total. The van der Waals surface area contributed by atoms with Crippen LogP contribution in [0, 0.1) is 0 Å². The first-order chi connectivity index (χ1) is 17.9. The normalized spacial score (nSPS) is 11.7. The molecule has 0 aromatic heterocycles. The van der Waals surface area contributed by atoms with Crippen molar-refractivity contribution in [3.8, 4) is 0 Å². The number of fused-ring (bicyclic) bond motifs is 2. The number of hydrazone groups is 1. The quantitative estimate of drug-likeness (QED) is 0.160. The molecule has 184 valence electrons. The molecule has 0 radical (unpaired) electrons. The maximum absolute atomic E-state index is 13.4. The van der Waals surface area contributed by atoms with Gasteiger partial charge in [0.05, 0.1) is 16.8 Å². The molecule has 0 saturated carbocycles. The smallest absolute Gasteiger partial charge is 0.264 e. The number of hydrogen-bond donors (Lipinski definition) is 1. The highest BCUT2D eigenvalue weighted by Crippen LogP contribution is 2.27. The van der Waals surface area contributed by atoms with E-state index in [1.54, 1.807) is 48.7 Å². The van der Waals surface area contributed by atoms with Gasteiger partial charge in [-0.15, -0.1) is 0 Å². The molecule has 5 aromatic rings. The molecule has 0 atom stereocenters. The van der Waals surface area contributed by atoms with E-state index in [1.165, 1.54) is 12.1 Å². The molecule has 0 bridgehead atoms. The average molecular weight is 528 g/mol. The Morgan fingerprint density at radius 3 is 2.00 bits per heavy atom. The van der Waals surface area contributed by atoms with E-state index in [-0.39, 0.29) is 4.90 Å². The van der Waals surface area contributed by atoms with Crippen molar-refractivity contribution in [2.75, 3.05) is 10.8 Å². The monoisotopic (exact) mass is 527 g/mol. The summed E-state index contributed by atoms with van der Waals surface area (Å²) in [7, 11) is -4.02. The molecule has 0 spiro atoms. The summed E-state index contributed by atoms with van der Waals surface area (Å²) in [5.41, 5.74) is 3.67. The number of rotatable bonds is 7. The van der Waals surface area contributed by atoms with Crippen molar-refractivity contribution in [2.45, 2.75) is 4.90 Å². The first kappa shape index (κ1) is 24.5. The van der Waals surface area contributed by atoms with Gasteiger partial charge in [0.25, 0.3) is 15.9 Å². The molecule has 0 aliphatic heterocycles. The van der Waals surface area contributed by atoms with Crippen LogP contribution in [0.3, 0.4) is 0 Å². The van der Waals surface area contributed by atoms with Gasteiger partial charge in [0, 0.05) is 10.6 Å². The first-order valence-electron chi connectivity index (χ1n) is 11.5. The van der Waals surface area contributed by atoms with Gasteiger partial charge < -0.3 is 0 Å². The molecule has 1 N–H and O–H groups in total. The van der Waals surface area contributed by atoms with Crippen molar-refractivity contribution in [3.63, 3.8) is 0 Å². The summed E-state index contributed by atoms with van der Waals surface area (Å²) in [5.74, 6) is -0.588. The van der Waals surface area contributed by atoms with E-state index in [4.69, 9.17) is 11.6 Å². The van der Waals surface area contributed by atoms with Gasteiger partial charge in [0.2, 0.25) is 0 Å². The highest BCUT2D eigenvalue weighted by atomic mass is 35.5. The van der Waals surface area contributed by atoms with Crippen molar-refractivity contribution < 1.29 is 13.2 Å². The first-order valence-corrected chi connectivity index (χ1v) is 13.3. The van der Waals surface area contributed by atoms with Crippen LogP contribution in [-0.2, 0) is 14.8 Å². The Morgan fingerprint density at radius 2 is 1.38 bits per heavy atom. The minimum absolute atomic E-state index is 0.0727. The molecule has 5 aromatic carbocycles. The minimum Gasteiger partial charge on any atom is -0.271 e. The second-order valence-electron chi connectivity index (χ2n) is 8.33. The van der Waals surface area contributed by atoms with Crippen molar-refractivity contribution in [3.05, 3.63) is 120 Å². The summed E-state index contributed by atoms with van der Waals surface area (Å²) in [6, 6.07) is 32.2. The third-order valence-corrected chi connectivity index (χ3v) is 7.97. The minimum atomic E-state index is -4.02. The van der Waals surface area contributed by atoms with Gasteiger partial charge in [-0.2, -0.15) is 5.10 Å². The Balaban J connectivity index is 1.44. The number of anilines is 1. The van der Waals surface area contributed by atoms with E-state index < -0.39 is 22.5 Å². The lowest BCUT2D eigenvalue weighted by Crippen LogP contribution is -2.39. The van der Waals surface area contributed by atoms with Crippen molar-refractivity contribution >= 4 is 61.0 Å². The molecular weight excluding hydrogens is 506 g/mol. The molecule has 5 rings (SSSR count). The van der Waals surface area contributed by atoms with Crippen LogP contribution in [0.4, 0.5) is 5.69 Å². The second kappa shape index (κ2) is 10.4. The van der Waals surface area contributed by atoms with Crippen molar-refractivity contribution in [1.82, 2.24) is 5.43 Å². The van der Waals surface area contributed by atoms with Gasteiger partial charge in [-0.1, -0.05) is 78.3 Å². The predicted octanol–water partition coefficient (Wildman–Crippen LogP) is 5.99. The van der Waals surface area contributed by atoms with Gasteiger partial charge >= 0.3 is 0 Å². The van der Waals surface area contributed by atoms with Crippen LogP contribution < -0.4 is 9.73 Å². The van der Waals surface area contributed by atoms with E-state index in [2.05, 4.69) is 16.6 Å². The van der Waals surface area contributed by atoms with E-state index in [1.807, 2.05) is 48.5 Å². The summed E-state index contributed by atoms with van der Waals surface area (Å²) in [4.78, 5) is 13.0. The molecule has 0 saturated heterocycles. The highest BCUT2D eigenvalue weighted by Gasteiger charge is 2.27. The zero-order valence-corrected chi connectivity index (χ0v) is 21.2. The average Bonchev–Trinajstić information content (AvgIpc) is 2.92. The van der Waals surface area contributed by atoms with E-state index in [9.17, 15) is 13.2 Å². The second-order valence-corrected chi connectivity index (χ2v) is 10.6. The molecule has 1 amide bonds. The summed E-state index contributed by atoms with van der Waals surface area (Å²) < 4.78 is 27.9. The zero-order valence-electron chi connectivity index (χ0n) is 19.6. The van der Waals surface area contributed by atoms with Gasteiger partial charge in [0.15, 0.2) is 0 Å². The van der Waals surface area contributed by atoms with Gasteiger partial charge in [0.1, 0.15) is 6.54 Å². The Hall–Kier alpha value is -4.20. The molecule has 0 fully saturated rings. The van der Waals surface area contributed by atoms with Gasteiger partial charge in [-0.05, 0) is 64.0 Å². The van der Waals surface area contributed by atoms with Crippen LogP contribution in [0.5, 0.6) is 0 Å². The van der Waals surface area contributed by atoms with Crippen molar-refractivity contribution in [2.24, 2.45) is 5.10 Å². The number of hydrogen-bond acceptors (Lipinski definition) is 4. The van der Waals surface area contributed by atoms with E-state index in [0.29, 0.717) is 10.7 Å². The van der Waals surface area contributed by atoms with Crippen LogP contribution in [0.15, 0.2) is 119 Å². The molecule has 0 heterocycles. The Morgan fingerprint density at radius 1 is 0.811 bits per heavy atom. The summed E-state index contributed by atoms with van der Waals surface area (Å²) in [5, 5.41) is 8.74. The third-order valence-electron chi connectivity index (χ3n) is 5.93. The number of sulfonamides is 1. The maximum Gasteiger partial charge on any atom is 0.264 e. The highest BCUT2D eigenvalue weighted by molar-refractivity contribution is 7.92. The van der Waals surface area contributed by atoms with Crippen LogP contribution in [0.25, 0.3) is 21.5 Å². The standard InChI is InChI=1S/C29H22ClN3O3S/c30-23-14-16-24(17-15-23)33(37(35,36)25-10-2-1-3-11-25)20-29(34)32-31-19-28-26-12-6-4-8-21(26)18-22-9-5-7-13-27(22)28/h1-19H,20H2,(H,32,34)/b31-19-. The molecule has 37 heavy (non-hydrogen) atoms. The largest absolute Gasteiger partial charge is 0.271 e. The predicted molar refractivity (Wildman–Crippen MR) is 150 cm³/mol. The summed E-state index contributed by atoms with van der Waals surface area (Å²) in [6.07, 6.45) is 1.60. The number of nitrogens with one attached hydrogen (secondary N) is 1. The lowest BCUT2D eigenvalue weighted by molar-refractivity contribution is -0.119. The zero-order chi connectivity index (χ0) is 25.8. The number of halogens is 1. The number of carbonyl (C=O) groups is 1. The number of nitrogens with zero attached hydrogens (tertiary/aromatic N) is 2. The Labute approximate surface area is 219 Å². The van der Waals surface area contributed by atoms with Crippen LogP contribution in [0.1, 0.15) is 5.56 Å². The fourth-order valence-electron chi connectivity index (χ4n) is 4.16. The molecular formula is C29H22ClN3O3S. The maximum atomic E-state index is 13.4. The summed E-state index contributed by atoms with van der Waals surface area (Å²) >= 11 is 6.00. The number of benzene rings is 5. The number of carbonyl (C=O) groups excluding carboxylic acids is 1. The fraction of sp³-hybridized carbons (Fsp3) is 0.0345. The lowest BCUT2D eigenvalue weighted by Gasteiger charge is -2.23. The van der Waals surface area contributed by atoms with E-state index in [0.717, 1.165) is 31.4 Å². The molecule has 8 heteroatoms. The Kier molecular flexibility index (Phi) is 6.90. The van der Waals surface area contributed by atoms with Crippen molar-refractivity contribution in [1.29, 1.82) is 0 Å². The molecule has 0 aliphatic rings. The summed E-state index contributed by atoms with van der Waals surface area (Å²) in [6.45, 7) is -0.466. The van der Waals surface area contributed by atoms with Crippen LogP contribution in [-0.4, -0.2) is 27.1 Å². The van der Waals surface area contributed by atoms with Gasteiger partial charge in [-0.25, -0.2) is 13.8 Å². The molecule has 0 unspecified atom stereocenters. The number of amides is 1. The van der Waals surface area contributed by atoms with Crippen LogP contribution in [0.2, 0.25) is 5.02 Å². The van der Waals surface area contributed by atoms with E-state index >= 15 is 0 Å². The van der Waals surface area contributed by atoms with Gasteiger partial charge in [-0.3, -0.25) is 9.10 Å².